The molecule has 1 heterocycles. The van der Waals surface area contributed by atoms with Crippen LogP contribution in [0.4, 0.5) is 0 Å². The molecule has 0 bridgehead atoms. The number of nitrogens with zero attached hydrogens (tertiary/aromatic N) is 2. The van der Waals surface area contributed by atoms with Crippen LogP contribution >= 0.6 is 0 Å². The fourth-order valence-electron chi connectivity index (χ4n) is 3.27. The smallest absolute Gasteiger partial charge is 0.247 e. The van der Waals surface area contributed by atoms with Gasteiger partial charge < -0.3 is 26.1 Å². The molecule has 2 fully saturated rings. The highest BCUT2D eigenvalue weighted by Gasteiger charge is 2.44. The van der Waals surface area contributed by atoms with Gasteiger partial charge in [-0.1, -0.05) is 20.8 Å². The minimum Gasteiger partial charge on any atom is -0.400 e. The molecule has 2 rings (SSSR count). The van der Waals surface area contributed by atoms with E-state index in [1.165, 1.54) is 17.0 Å². The zero-order valence-electron chi connectivity index (χ0n) is 15.5. The topological polar surface area (TPSA) is 125 Å². The maximum Gasteiger partial charge on any atom is 0.247 e. The van der Waals surface area contributed by atoms with Gasteiger partial charge in [0.2, 0.25) is 11.8 Å². The number of hydrogen-bond acceptors (Lipinski definition) is 6. The number of nitrogens with one attached hydrogen (secondary N) is 1. The molecule has 8 heteroatoms. The summed E-state index contributed by atoms with van der Waals surface area (Å²) < 4.78 is 0. The Balaban J connectivity index is 2.21. The van der Waals surface area contributed by atoms with Crippen LogP contribution in [-0.2, 0) is 9.59 Å². The fourth-order valence-corrected chi connectivity index (χ4v) is 3.27. The highest BCUT2D eigenvalue weighted by molar-refractivity contribution is 5.90. The number of hydrogen-bond donors (Lipinski definition) is 4. The maximum atomic E-state index is 13.1. The van der Waals surface area contributed by atoms with Crippen molar-refractivity contribution in [3.63, 3.8) is 0 Å². The first-order valence-electron chi connectivity index (χ1n) is 8.81. The summed E-state index contributed by atoms with van der Waals surface area (Å²) in [5.74, 6) is 5.53. The van der Waals surface area contributed by atoms with Crippen molar-refractivity contribution >= 4 is 11.8 Å². The van der Waals surface area contributed by atoms with Crippen molar-refractivity contribution < 1.29 is 14.7 Å². The van der Waals surface area contributed by atoms with Crippen LogP contribution in [0, 0.1) is 11.3 Å². The lowest BCUT2D eigenvalue weighted by Gasteiger charge is -2.34. The molecule has 0 radical (unpaired) electrons. The first-order valence-corrected chi connectivity index (χ1v) is 8.81. The van der Waals surface area contributed by atoms with Crippen LogP contribution < -0.4 is 16.9 Å². The average molecular weight is 353 g/mol. The van der Waals surface area contributed by atoms with Crippen molar-refractivity contribution in [1.29, 1.82) is 0 Å². The molecule has 3 atom stereocenters. The average Bonchev–Trinajstić information content (AvgIpc) is 3.16. The molecule has 142 valence electrons. The fraction of sp³-hybridized carbons (Fsp3) is 0.765. The summed E-state index contributed by atoms with van der Waals surface area (Å²) in [7, 11) is 1.52. The van der Waals surface area contributed by atoms with E-state index in [0.29, 0.717) is 5.70 Å². The van der Waals surface area contributed by atoms with Crippen LogP contribution in [-0.4, -0.2) is 58.6 Å². The van der Waals surface area contributed by atoms with E-state index < -0.39 is 18.2 Å². The molecular formula is C17H31N5O3. The standard InChI is InChI=1S/C17H31N5O3/c1-10(2)14(22(19)9-13(18)17(3)5-6-17)16(25)21-8-11(23)7-12(21)15(24)20-4/h9-12,14,23H,5-8,18-19H2,1-4H3,(H,20,24)/b13-9-. The second-order valence-corrected chi connectivity index (χ2v) is 7.79. The Morgan fingerprint density at radius 3 is 2.48 bits per heavy atom. The molecule has 0 aromatic carbocycles. The van der Waals surface area contributed by atoms with Gasteiger partial charge in [0.05, 0.1) is 6.10 Å². The van der Waals surface area contributed by atoms with Gasteiger partial charge in [-0.3, -0.25) is 9.59 Å². The van der Waals surface area contributed by atoms with Gasteiger partial charge in [-0.2, -0.15) is 0 Å². The number of aliphatic hydroxyl groups is 1. The quantitative estimate of drug-likeness (QED) is 0.377. The lowest BCUT2D eigenvalue weighted by atomic mass is 10.0. The molecule has 0 aromatic rings. The normalized spacial score (nSPS) is 26.5. The number of β-amino-alcohol motifs (C(OH)–C–C–N with tert-alkyl or cyclic N) is 1. The van der Waals surface area contributed by atoms with E-state index in [9.17, 15) is 14.7 Å². The van der Waals surface area contributed by atoms with Gasteiger partial charge >= 0.3 is 0 Å². The Kier molecular flexibility index (Phi) is 5.63. The highest BCUT2D eigenvalue weighted by Crippen LogP contribution is 2.49. The zero-order chi connectivity index (χ0) is 18.9. The molecule has 25 heavy (non-hydrogen) atoms. The van der Waals surface area contributed by atoms with Crippen molar-refractivity contribution in [1.82, 2.24) is 15.2 Å². The van der Waals surface area contributed by atoms with Crippen molar-refractivity contribution in [3.05, 3.63) is 11.9 Å². The molecule has 1 aliphatic carbocycles. The van der Waals surface area contributed by atoms with E-state index in [1.807, 2.05) is 13.8 Å². The number of carbonyl (C=O) groups is 2. The van der Waals surface area contributed by atoms with Crippen molar-refractivity contribution in [2.24, 2.45) is 22.9 Å². The molecule has 1 aliphatic heterocycles. The molecule has 0 spiro atoms. The summed E-state index contributed by atoms with van der Waals surface area (Å²) in [5, 5.41) is 13.8. The van der Waals surface area contributed by atoms with Crippen LogP contribution in [0.15, 0.2) is 11.9 Å². The monoisotopic (exact) mass is 353 g/mol. The van der Waals surface area contributed by atoms with Crippen LogP contribution in [0.2, 0.25) is 0 Å². The second-order valence-electron chi connectivity index (χ2n) is 7.79. The number of nitrogens with two attached hydrogens (primary N) is 2. The third-order valence-corrected chi connectivity index (χ3v) is 5.30. The molecule has 8 nitrogen and oxygen atoms in total. The molecule has 0 aromatic heterocycles. The van der Waals surface area contributed by atoms with Gasteiger partial charge in [-0.15, -0.1) is 0 Å². The Morgan fingerprint density at radius 2 is 2.00 bits per heavy atom. The van der Waals surface area contributed by atoms with E-state index in [4.69, 9.17) is 11.6 Å². The first-order chi connectivity index (χ1) is 11.6. The summed E-state index contributed by atoms with van der Waals surface area (Å²) in [6.45, 7) is 5.99. The largest absolute Gasteiger partial charge is 0.400 e. The van der Waals surface area contributed by atoms with E-state index in [1.54, 1.807) is 6.20 Å². The number of hydrazine groups is 1. The van der Waals surface area contributed by atoms with Gasteiger partial charge in [-0.05, 0) is 18.8 Å². The Morgan fingerprint density at radius 1 is 1.40 bits per heavy atom. The van der Waals surface area contributed by atoms with Gasteiger partial charge in [0.25, 0.3) is 0 Å². The number of likely N-dealkylation sites (tertiary alicyclic amines) is 1. The summed E-state index contributed by atoms with van der Waals surface area (Å²) >= 11 is 0. The molecule has 2 amide bonds. The van der Waals surface area contributed by atoms with Gasteiger partial charge in [-0.25, -0.2) is 5.84 Å². The van der Waals surface area contributed by atoms with E-state index >= 15 is 0 Å². The number of allylic oxidation sites excluding steroid dienone is 1. The highest BCUT2D eigenvalue weighted by atomic mass is 16.3. The number of likely N-dealkylation sites (N-methyl/N-ethyl adjacent to an activating group) is 1. The van der Waals surface area contributed by atoms with Crippen molar-refractivity contribution in [2.75, 3.05) is 13.6 Å². The molecular weight excluding hydrogens is 322 g/mol. The number of rotatable bonds is 6. The van der Waals surface area contributed by atoms with E-state index in [0.717, 1.165) is 12.8 Å². The minimum absolute atomic E-state index is 0.0311. The predicted octanol–water partition coefficient (Wildman–Crippen LogP) is -0.505. The Labute approximate surface area is 149 Å². The van der Waals surface area contributed by atoms with Crippen LogP contribution in [0.1, 0.15) is 40.0 Å². The van der Waals surface area contributed by atoms with E-state index in [-0.39, 0.29) is 36.1 Å². The van der Waals surface area contributed by atoms with Crippen LogP contribution in [0.3, 0.4) is 0 Å². The number of amides is 2. The molecule has 2 aliphatic rings. The number of carbonyl (C=O) groups excluding carboxylic acids is 2. The third-order valence-electron chi connectivity index (χ3n) is 5.30. The number of aliphatic hydroxyl groups excluding tert-OH is 1. The van der Waals surface area contributed by atoms with Gasteiger partial charge in [0.15, 0.2) is 0 Å². The van der Waals surface area contributed by atoms with Crippen molar-refractivity contribution in [3.8, 4) is 0 Å². The summed E-state index contributed by atoms with van der Waals surface area (Å²) in [4.78, 5) is 26.6. The lowest BCUT2D eigenvalue weighted by molar-refractivity contribution is -0.143. The molecule has 3 unspecified atom stereocenters. The third kappa shape index (κ3) is 4.07. The van der Waals surface area contributed by atoms with Gasteiger partial charge in [0.1, 0.15) is 12.1 Å². The van der Waals surface area contributed by atoms with Crippen LogP contribution in [0.25, 0.3) is 0 Å². The molecule has 6 N–H and O–H groups in total. The summed E-state index contributed by atoms with van der Waals surface area (Å²) in [6, 6.07) is -1.33. The SMILES string of the molecule is CNC(=O)C1CC(O)CN1C(=O)C(C(C)C)N(N)/C=C(\N)C1(C)CC1. The second kappa shape index (κ2) is 7.21. The zero-order valence-corrected chi connectivity index (χ0v) is 15.5. The van der Waals surface area contributed by atoms with Crippen LogP contribution in [0.5, 0.6) is 0 Å². The predicted molar refractivity (Wildman–Crippen MR) is 94.5 cm³/mol. The maximum absolute atomic E-state index is 13.1. The summed E-state index contributed by atoms with van der Waals surface area (Å²) in [5.41, 5.74) is 6.77. The van der Waals surface area contributed by atoms with E-state index in [2.05, 4.69) is 12.2 Å². The summed E-state index contributed by atoms with van der Waals surface area (Å²) in [6.07, 6.45) is 3.19. The first kappa shape index (κ1) is 19.5. The molecule has 1 saturated heterocycles. The minimum atomic E-state index is -0.712. The Hall–Kier alpha value is -1.80. The van der Waals surface area contributed by atoms with Gasteiger partial charge in [0, 0.05) is 37.3 Å². The lowest BCUT2D eigenvalue weighted by Crippen LogP contribution is -2.55. The molecule has 1 saturated carbocycles. The van der Waals surface area contributed by atoms with Crippen molar-refractivity contribution in [2.45, 2.75) is 58.2 Å². The Bertz CT molecular complexity index is 558.